The van der Waals surface area contributed by atoms with E-state index in [9.17, 15) is 4.79 Å². The molecule has 0 atom stereocenters. The number of anilines is 1. The van der Waals surface area contributed by atoms with Crippen LogP contribution in [0, 0.1) is 12.3 Å². The topological polar surface area (TPSA) is 38.3 Å². The highest BCUT2D eigenvalue weighted by Crippen LogP contribution is 2.10. The zero-order chi connectivity index (χ0) is 14.9. The Bertz CT molecular complexity index is 629. The Morgan fingerprint density at radius 1 is 1.14 bits per heavy atom. The molecule has 0 aliphatic carbocycles. The first-order valence-corrected chi connectivity index (χ1v) is 6.76. The van der Waals surface area contributed by atoms with Gasteiger partial charge in [-0.1, -0.05) is 42.3 Å². The van der Waals surface area contributed by atoms with Crippen LogP contribution in [0.15, 0.2) is 54.6 Å². The fourth-order valence-corrected chi connectivity index (χ4v) is 1.84. The smallest absolute Gasteiger partial charge is 0.226 e. The third-order valence-electron chi connectivity index (χ3n) is 2.90. The third kappa shape index (κ3) is 5.13. The fraction of sp³-hybridized carbons (Fsp3) is 0.167. The lowest BCUT2D eigenvalue weighted by Crippen LogP contribution is -2.14. The number of carbonyl (C=O) groups excluding carboxylic acids is 1. The number of amides is 1. The standard InChI is InChI=1S/C18H17NO2/c1-2-15-9-6-10-17(13-15)19-18(20)11-12-21-14-16-7-4-3-5-8-16/h1,3-10,13H,11-12,14H2,(H,19,20). The second kappa shape index (κ2) is 7.88. The number of hydrogen-bond acceptors (Lipinski definition) is 2. The van der Waals surface area contributed by atoms with Crippen molar-refractivity contribution in [3.05, 3.63) is 65.7 Å². The first-order valence-electron chi connectivity index (χ1n) is 6.76. The van der Waals surface area contributed by atoms with E-state index in [4.69, 9.17) is 11.2 Å². The zero-order valence-electron chi connectivity index (χ0n) is 11.7. The van der Waals surface area contributed by atoms with E-state index in [0.29, 0.717) is 25.3 Å². The largest absolute Gasteiger partial charge is 0.376 e. The molecule has 0 aliphatic rings. The molecule has 0 aliphatic heterocycles. The van der Waals surface area contributed by atoms with E-state index in [1.807, 2.05) is 48.5 Å². The third-order valence-corrected chi connectivity index (χ3v) is 2.90. The Kier molecular flexibility index (Phi) is 5.57. The molecule has 0 bridgehead atoms. The maximum atomic E-state index is 11.8. The number of rotatable bonds is 6. The lowest BCUT2D eigenvalue weighted by molar-refractivity contribution is -0.117. The lowest BCUT2D eigenvalue weighted by atomic mass is 10.2. The highest BCUT2D eigenvalue weighted by Gasteiger charge is 2.03. The van der Waals surface area contributed by atoms with Gasteiger partial charge < -0.3 is 10.1 Å². The minimum Gasteiger partial charge on any atom is -0.376 e. The van der Waals surface area contributed by atoms with Gasteiger partial charge in [0, 0.05) is 11.3 Å². The summed E-state index contributed by atoms with van der Waals surface area (Å²) in [5.74, 6) is 2.45. The second-order valence-electron chi connectivity index (χ2n) is 4.56. The van der Waals surface area contributed by atoms with E-state index in [0.717, 1.165) is 11.1 Å². The molecule has 2 rings (SSSR count). The van der Waals surface area contributed by atoms with Crippen molar-refractivity contribution in [2.75, 3.05) is 11.9 Å². The van der Waals surface area contributed by atoms with Crippen molar-refractivity contribution in [1.29, 1.82) is 0 Å². The Hall–Kier alpha value is -2.57. The van der Waals surface area contributed by atoms with Crippen LogP contribution in [0.1, 0.15) is 17.5 Å². The van der Waals surface area contributed by atoms with Gasteiger partial charge in [-0.25, -0.2) is 0 Å². The van der Waals surface area contributed by atoms with Gasteiger partial charge in [0.15, 0.2) is 0 Å². The van der Waals surface area contributed by atoms with Crippen molar-refractivity contribution >= 4 is 11.6 Å². The molecule has 0 saturated carbocycles. The van der Waals surface area contributed by atoms with Crippen molar-refractivity contribution in [1.82, 2.24) is 0 Å². The molecule has 0 fully saturated rings. The number of terminal acetylenes is 1. The molecule has 21 heavy (non-hydrogen) atoms. The molecule has 0 spiro atoms. The molecule has 1 N–H and O–H groups in total. The van der Waals surface area contributed by atoms with Gasteiger partial charge in [0.25, 0.3) is 0 Å². The van der Waals surface area contributed by atoms with Crippen LogP contribution in [0.5, 0.6) is 0 Å². The first kappa shape index (κ1) is 14.8. The SMILES string of the molecule is C#Cc1cccc(NC(=O)CCOCc2ccccc2)c1. The molecule has 106 valence electrons. The first-order chi connectivity index (χ1) is 10.3. The maximum absolute atomic E-state index is 11.8. The minimum atomic E-state index is -0.0859. The average Bonchev–Trinajstić information content (AvgIpc) is 2.53. The van der Waals surface area contributed by atoms with Gasteiger partial charge in [-0.2, -0.15) is 0 Å². The summed E-state index contributed by atoms with van der Waals surface area (Å²) in [6.45, 7) is 0.899. The van der Waals surface area contributed by atoms with E-state index >= 15 is 0 Å². The number of ether oxygens (including phenoxy) is 1. The van der Waals surface area contributed by atoms with Gasteiger partial charge in [-0.3, -0.25) is 4.79 Å². The molecule has 0 unspecified atom stereocenters. The molecule has 2 aromatic carbocycles. The molecule has 0 saturated heterocycles. The normalized spacial score (nSPS) is 9.86. The molecule has 3 nitrogen and oxygen atoms in total. The van der Waals surface area contributed by atoms with E-state index < -0.39 is 0 Å². The Morgan fingerprint density at radius 3 is 2.71 bits per heavy atom. The molecule has 3 heteroatoms. The number of benzene rings is 2. The zero-order valence-corrected chi connectivity index (χ0v) is 11.7. The summed E-state index contributed by atoms with van der Waals surface area (Å²) in [4.78, 5) is 11.8. The summed E-state index contributed by atoms with van der Waals surface area (Å²) < 4.78 is 5.48. The van der Waals surface area contributed by atoms with Gasteiger partial charge in [-0.05, 0) is 23.8 Å². The summed E-state index contributed by atoms with van der Waals surface area (Å²) >= 11 is 0. The molecular formula is C18H17NO2. The maximum Gasteiger partial charge on any atom is 0.226 e. The van der Waals surface area contributed by atoms with Crippen molar-refractivity contribution < 1.29 is 9.53 Å². The molecule has 2 aromatic rings. The van der Waals surface area contributed by atoms with Crippen LogP contribution in [-0.2, 0) is 16.1 Å². The van der Waals surface area contributed by atoms with Gasteiger partial charge in [0.05, 0.1) is 19.6 Å². The average molecular weight is 279 g/mol. The summed E-state index contributed by atoms with van der Waals surface area (Å²) in [5, 5.41) is 2.80. The van der Waals surface area contributed by atoms with Crippen molar-refractivity contribution in [2.24, 2.45) is 0 Å². The molecular weight excluding hydrogens is 262 g/mol. The summed E-state index contributed by atoms with van der Waals surface area (Å²) in [6.07, 6.45) is 5.63. The number of hydrogen-bond donors (Lipinski definition) is 1. The highest BCUT2D eigenvalue weighted by atomic mass is 16.5. The Morgan fingerprint density at radius 2 is 1.95 bits per heavy atom. The molecule has 1 amide bonds. The van der Waals surface area contributed by atoms with Crippen molar-refractivity contribution in [2.45, 2.75) is 13.0 Å². The molecule has 0 radical (unpaired) electrons. The van der Waals surface area contributed by atoms with E-state index in [1.165, 1.54) is 0 Å². The summed E-state index contributed by atoms with van der Waals surface area (Å²) in [5.41, 5.74) is 2.55. The van der Waals surface area contributed by atoms with Crippen LogP contribution < -0.4 is 5.32 Å². The van der Waals surface area contributed by atoms with Crippen LogP contribution in [0.4, 0.5) is 5.69 Å². The van der Waals surface area contributed by atoms with Crippen LogP contribution in [0.3, 0.4) is 0 Å². The number of carbonyl (C=O) groups is 1. The fourth-order valence-electron chi connectivity index (χ4n) is 1.84. The van der Waals surface area contributed by atoms with Gasteiger partial charge >= 0.3 is 0 Å². The quantitative estimate of drug-likeness (QED) is 0.651. The van der Waals surface area contributed by atoms with E-state index in [1.54, 1.807) is 6.07 Å². The lowest BCUT2D eigenvalue weighted by Gasteiger charge is -2.06. The Balaban J connectivity index is 1.71. The van der Waals surface area contributed by atoms with Gasteiger partial charge in [0.2, 0.25) is 5.91 Å². The predicted molar refractivity (Wildman–Crippen MR) is 83.7 cm³/mol. The minimum absolute atomic E-state index is 0.0859. The van der Waals surface area contributed by atoms with E-state index in [-0.39, 0.29) is 5.91 Å². The second-order valence-corrected chi connectivity index (χ2v) is 4.56. The van der Waals surface area contributed by atoms with Crippen LogP contribution in [0.2, 0.25) is 0 Å². The predicted octanol–water partition coefficient (Wildman–Crippen LogP) is 3.21. The van der Waals surface area contributed by atoms with Crippen molar-refractivity contribution in [3.8, 4) is 12.3 Å². The van der Waals surface area contributed by atoms with Crippen molar-refractivity contribution in [3.63, 3.8) is 0 Å². The van der Waals surface area contributed by atoms with Gasteiger partial charge in [-0.15, -0.1) is 6.42 Å². The molecule has 0 aromatic heterocycles. The monoisotopic (exact) mass is 279 g/mol. The molecule has 0 heterocycles. The van der Waals surface area contributed by atoms with Gasteiger partial charge in [0.1, 0.15) is 0 Å². The Labute approximate surface area is 125 Å². The van der Waals surface area contributed by atoms with E-state index in [2.05, 4.69) is 11.2 Å². The number of nitrogens with one attached hydrogen (secondary N) is 1. The highest BCUT2D eigenvalue weighted by molar-refractivity contribution is 5.90. The van der Waals surface area contributed by atoms with Crippen LogP contribution in [-0.4, -0.2) is 12.5 Å². The summed E-state index contributed by atoms with van der Waals surface area (Å²) in [6, 6.07) is 17.1. The summed E-state index contributed by atoms with van der Waals surface area (Å²) in [7, 11) is 0. The van der Waals surface area contributed by atoms with Crippen LogP contribution >= 0.6 is 0 Å². The van der Waals surface area contributed by atoms with Crippen LogP contribution in [0.25, 0.3) is 0 Å².